The molecular weight excluding hydrogens is 771 g/mol. The van der Waals surface area contributed by atoms with Gasteiger partial charge in [-0.05, 0) is 84.3 Å². The van der Waals surface area contributed by atoms with Crippen molar-refractivity contribution in [2.75, 3.05) is 33.9 Å². The van der Waals surface area contributed by atoms with Gasteiger partial charge in [0.1, 0.15) is 41.7 Å². The molecule has 7 N–H and O–H groups in total. The number of Topliss-reactive ketones (excluding diaryl/α,β-unsaturated/α-hetero) is 1. The Bertz CT molecular complexity index is 2510. The topological polar surface area (TPSA) is 203 Å². The van der Waals surface area contributed by atoms with Crippen LogP contribution < -0.4 is 14.8 Å². The number of H-pyrrole nitrogens is 1. The van der Waals surface area contributed by atoms with Gasteiger partial charge in [-0.1, -0.05) is 43.2 Å². The molecule has 5 aromatic rings. The lowest BCUT2D eigenvalue weighted by Gasteiger charge is -2.47. The van der Waals surface area contributed by atoms with Crippen molar-refractivity contribution in [3.05, 3.63) is 106 Å². The van der Waals surface area contributed by atoms with Crippen molar-refractivity contribution in [1.82, 2.24) is 15.2 Å². The van der Waals surface area contributed by atoms with E-state index in [4.69, 9.17) is 18.9 Å². The third kappa shape index (κ3) is 6.72. The van der Waals surface area contributed by atoms with E-state index < -0.39 is 54.4 Å². The number of nitrogens with zero attached hydrogens (tertiary/aromatic N) is 1. The maximum Gasteiger partial charge on any atom is 0.254 e. The van der Waals surface area contributed by atoms with Crippen LogP contribution in [0.1, 0.15) is 86.2 Å². The van der Waals surface area contributed by atoms with Gasteiger partial charge >= 0.3 is 0 Å². The van der Waals surface area contributed by atoms with E-state index in [1.165, 1.54) is 12.0 Å². The van der Waals surface area contributed by atoms with Crippen LogP contribution >= 0.6 is 0 Å². The number of hydrogen-bond acceptors (Lipinski definition) is 12. The van der Waals surface area contributed by atoms with Gasteiger partial charge in [0.05, 0.1) is 43.4 Å². The van der Waals surface area contributed by atoms with E-state index in [0.717, 1.165) is 53.3 Å². The molecule has 4 aromatic carbocycles. The molecule has 2 fully saturated rings. The summed E-state index contributed by atoms with van der Waals surface area (Å²) in [5.41, 5.74) is 2.41. The number of carbonyl (C=O) groups excluding carboxylic acids is 2. The van der Waals surface area contributed by atoms with Crippen LogP contribution in [0.4, 0.5) is 0 Å². The fourth-order valence-electron chi connectivity index (χ4n) is 9.43. The number of ether oxygens (including phenoxy) is 4. The molecule has 3 aliphatic heterocycles. The number of carbonyl (C=O) groups is 2. The molecule has 1 aliphatic carbocycles. The van der Waals surface area contributed by atoms with E-state index in [2.05, 4.69) is 10.3 Å². The van der Waals surface area contributed by atoms with E-state index in [1.807, 2.05) is 49.6 Å². The highest BCUT2D eigenvalue weighted by atomic mass is 16.7. The van der Waals surface area contributed by atoms with Crippen LogP contribution in [0, 0.1) is 0 Å². The number of benzene rings is 4. The van der Waals surface area contributed by atoms with Gasteiger partial charge in [0.15, 0.2) is 11.4 Å². The number of hydrogen-bond donors (Lipinski definition) is 7. The van der Waals surface area contributed by atoms with Crippen molar-refractivity contribution < 1.29 is 54.1 Å². The predicted octanol–water partition coefficient (Wildman–Crippen LogP) is 4.58. The third-order valence-corrected chi connectivity index (χ3v) is 12.7. The van der Waals surface area contributed by atoms with Crippen molar-refractivity contribution in [2.45, 2.75) is 81.0 Å². The summed E-state index contributed by atoms with van der Waals surface area (Å²) < 4.78 is 25.2. The number of aromatic nitrogens is 1. The number of methoxy groups -OCH3 is 1. The third-order valence-electron chi connectivity index (χ3n) is 12.7. The Morgan fingerprint density at radius 3 is 2.63 bits per heavy atom. The number of aromatic amines is 1. The van der Waals surface area contributed by atoms with Crippen LogP contribution in [0.5, 0.6) is 17.2 Å². The number of amides is 1. The van der Waals surface area contributed by atoms with E-state index in [9.17, 15) is 35.1 Å². The van der Waals surface area contributed by atoms with Crippen molar-refractivity contribution in [3.63, 3.8) is 0 Å². The highest BCUT2D eigenvalue weighted by molar-refractivity contribution is 6.11. The number of ketones is 1. The Labute approximate surface area is 345 Å². The molecule has 1 saturated heterocycles. The van der Waals surface area contributed by atoms with Crippen molar-refractivity contribution in [3.8, 4) is 17.2 Å². The molecule has 4 heterocycles. The molecule has 314 valence electrons. The summed E-state index contributed by atoms with van der Waals surface area (Å²) in [6.07, 6.45) is 1.28. The number of nitrogens with one attached hydrogen (secondary N) is 2. The van der Waals surface area contributed by atoms with Gasteiger partial charge in [-0.2, -0.15) is 0 Å². The lowest BCUT2D eigenvalue weighted by Crippen LogP contribution is -2.69. The van der Waals surface area contributed by atoms with Gasteiger partial charge in [-0.3, -0.25) is 9.59 Å². The van der Waals surface area contributed by atoms with Gasteiger partial charge in [0.25, 0.3) is 5.91 Å². The lowest BCUT2D eigenvalue weighted by atomic mass is 9.86. The summed E-state index contributed by atoms with van der Waals surface area (Å²) in [4.78, 5) is 32.9. The summed E-state index contributed by atoms with van der Waals surface area (Å²) in [5.74, 6) is -0.946. The number of fused-ring (bicyclic) bond motifs is 7. The normalized spacial score (nSPS) is 25.6. The molecule has 1 amide bonds. The molecule has 14 nitrogen and oxygen atoms in total. The van der Waals surface area contributed by atoms with Gasteiger partial charge in [0.2, 0.25) is 6.29 Å². The van der Waals surface area contributed by atoms with Crippen LogP contribution in [0.25, 0.3) is 27.8 Å². The van der Waals surface area contributed by atoms with E-state index in [1.54, 1.807) is 30.4 Å². The van der Waals surface area contributed by atoms with Crippen molar-refractivity contribution in [1.29, 1.82) is 0 Å². The van der Waals surface area contributed by atoms with Gasteiger partial charge in [-0.25, -0.2) is 0 Å². The number of rotatable bonds is 9. The number of aromatic hydroxyl groups is 1. The molecular formula is C46H49N3O11. The number of phenols is 1. The minimum atomic E-state index is -2.55. The number of aliphatic hydroxyl groups excluding tert-OH is 3. The summed E-state index contributed by atoms with van der Waals surface area (Å²) in [6.45, 7) is -0.743. The van der Waals surface area contributed by atoms with Crippen LogP contribution in [-0.2, 0) is 22.6 Å². The van der Waals surface area contributed by atoms with Crippen LogP contribution in [-0.4, -0.2) is 111 Å². The Morgan fingerprint density at radius 2 is 1.88 bits per heavy atom. The van der Waals surface area contributed by atoms with Crippen LogP contribution in [0.15, 0.2) is 66.9 Å². The molecule has 14 heteroatoms. The molecule has 6 unspecified atom stereocenters. The minimum Gasteiger partial charge on any atom is -0.506 e. The predicted molar refractivity (Wildman–Crippen MR) is 221 cm³/mol. The van der Waals surface area contributed by atoms with E-state index in [-0.39, 0.29) is 53.8 Å². The van der Waals surface area contributed by atoms with Crippen LogP contribution in [0.3, 0.4) is 0 Å². The smallest absolute Gasteiger partial charge is 0.254 e. The first-order chi connectivity index (χ1) is 29.0. The van der Waals surface area contributed by atoms with Gasteiger partial charge < -0.3 is 59.7 Å². The average molecular weight is 820 g/mol. The molecule has 1 saturated carbocycles. The maximum atomic E-state index is 14.6. The van der Waals surface area contributed by atoms with Crippen molar-refractivity contribution in [2.24, 2.45) is 0 Å². The summed E-state index contributed by atoms with van der Waals surface area (Å²) in [7, 11) is 3.35. The molecule has 2 bridgehead atoms. The highest BCUT2D eigenvalue weighted by Gasteiger charge is 2.56. The van der Waals surface area contributed by atoms with Crippen LogP contribution in [0.2, 0.25) is 0 Å². The highest BCUT2D eigenvalue weighted by Crippen LogP contribution is 2.50. The second kappa shape index (κ2) is 15.9. The molecule has 9 rings (SSSR count). The average Bonchev–Trinajstić information content (AvgIpc) is 4.01. The Hall–Kier alpha value is -5.32. The van der Waals surface area contributed by atoms with Gasteiger partial charge in [0, 0.05) is 41.3 Å². The zero-order chi connectivity index (χ0) is 41.9. The second-order valence-corrected chi connectivity index (χ2v) is 16.3. The first-order valence-corrected chi connectivity index (χ1v) is 20.4. The summed E-state index contributed by atoms with van der Waals surface area (Å²) in [6, 6.07) is 16.8. The summed E-state index contributed by atoms with van der Waals surface area (Å²) in [5, 5.41) is 62.2. The van der Waals surface area contributed by atoms with Gasteiger partial charge in [-0.15, -0.1) is 0 Å². The molecule has 0 radical (unpaired) electrons. The van der Waals surface area contributed by atoms with E-state index in [0.29, 0.717) is 28.8 Å². The molecule has 4 aliphatic rings. The first kappa shape index (κ1) is 40.1. The molecule has 6 atom stereocenters. The largest absolute Gasteiger partial charge is 0.506 e. The second-order valence-electron chi connectivity index (χ2n) is 16.3. The Balaban J connectivity index is 1.24. The lowest BCUT2D eigenvalue weighted by molar-refractivity contribution is -0.329. The van der Waals surface area contributed by atoms with E-state index >= 15 is 0 Å². The molecule has 0 spiro atoms. The fraction of sp³-hybridized carbons (Fsp3) is 0.391. The standard InChI is InChI=1S/C46H49N3O11/c1-47-18-24-11-13-33-31(15-24)32(19-48-33)35-14-12-29-36(57-2)17-27-16-30(25-7-3-4-8-25)39(34(51)21-49-20-26-9-5-6-10-28(26)44(49)55)41(53)38(27)42(29)60-45-46(56,23-50)43(54)40(52)37(59-45)22-58-35/h5-6,9-17,19,25,35,37,40,43,45,47-48,50,52-54,56H,3-4,7-8,18,20-23H2,1-2H3. The SMILES string of the molecule is CNCc1ccc2[nH]cc(C3C=Cc4c(OC)cc5cc(C6CCCC6)c(C(=O)CN6Cc7ccccc7C6=O)c(O)c5c4OC4OC(CO3)C(O)C(O)C4(O)CO)c2c1. The Morgan fingerprint density at radius 1 is 1.08 bits per heavy atom. The maximum absolute atomic E-state index is 14.6. The number of phenolic OH excluding ortho intramolecular Hbond substituents is 1. The molecule has 1 aromatic heterocycles. The number of aliphatic hydroxyl groups is 4. The fourth-order valence-corrected chi connectivity index (χ4v) is 9.43. The summed E-state index contributed by atoms with van der Waals surface area (Å²) >= 11 is 0. The first-order valence-electron chi connectivity index (χ1n) is 20.4. The minimum absolute atomic E-state index is 0.0453. The zero-order valence-electron chi connectivity index (χ0n) is 33.4. The Kier molecular flexibility index (Phi) is 10.7. The molecule has 60 heavy (non-hydrogen) atoms. The van der Waals surface area contributed by atoms with Crippen molar-refractivity contribution >= 4 is 39.4 Å². The quantitative estimate of drug-likeness (QED) is 0.102. The zero-order valence-corrected chi connectivity index (χ0v) is 33.4. The monoisotopic (exact) mass is 819 g/mol.